The molecule has 0 aliphatic carbocycles. The first-order chi connectivity index (χ1) is 12.2. The summed E-state index contributed by atoms with van der Waals surface area (Å²) in [6, 6.07) is 9.54. The summed E-state index contributed by atoms with van der Waals surface area (Å²) < 4.78 is 50.1. The lowest BCUT2D eigenvalue weighted by Crippen LogP contribution is -2.46. The number of carbonyl (C=O) groups excluding carboxylic acids is 1. The molecule has 2 unspecified atom stereocenters. The lowest BCUT2D eigenvalue weighted by molar-refractivity contribution is -0.169. The van der Waals surface area contributed by atoms with Crippen LogP contribution in [0.15, 0.2) is 30.3 Å². The fourth-order valence-corrected chi connectivity index (χ4v) is 5.06. The minimum Gasteiger partial charge on any atom is -0.464 e. The van der Waals surface area contributed by atoms with Gasteiger partial charge in [-0.2, -0.15) is 8.42 Å². The maximum atomic E-state index is 12.6. The van der Waals surface area contributed by atoms with E-state index >= 15 is 0 Å². The summed E-state index contributed by atoms with van der Waals surface area (Å²) in [5.74, 6) is -0.588. The van der Waals surface area contributed by atoms with Gasteiger partial charge in [0.1, 0.15) is 14.1 Å². The summed E-state index contributed by atoms with van der Waals surface area (Å²) >= 11 is 0. The van der Waals surface area contributed by atoms with E-state index in [1.807, 2.05) is 30.3 Å². The Labute approximate surface area is 155 Å². The van der Waals surface area contributed by atoms with Crippen molar-refractivity contribution in [2.24, 2.45) is 0 Å². The minimum absolute atomic E-state index is 0.132. The van der Waals surface area contributed by atoms with Crippen LogP contribution in [0.5, 0.6) is 0 Å². The second-order valence-corrected chi connectivity index (χ2v) is 9.18. The third-order valence-corrected chi connectivity index (χ3v) is 5.83. The Hall–Kier alpha value is -1.21. The van der Waals surface area contributed by atoms with Gasteiger partial charge in [0.05, 0.1) is 12.9 Å². The number of hydrogen-bond acceptors (Lipinski definition) is 7. The monoisotopic (exact) mass is 406 g/mol. The Kier molecular flexibility index (Phi) is 9.50. The number of benzene rings is 1. The van der Waals surface area contributed by atoms with Crippen molar-refractivity contribution >= 4 is 23.9 Å². The largest absolute Gasteiger partial charge is 0.464 e. The Bertz CT molecular complexity index is 690. The van der Waals surface area contributed by atoms with Crippen LogP contribution in [-0.2, 0) is 39.6 Å². The molecule has 0 fully saturated rings. The smallest absolute Gasteiger partial charge is 0.338 e. The summed E-state index contributed by atoms with van der Waals surface area (Å²) in [5, 5.41) is 0. The lowest BCUT2D eigenvalue weighted by Gasteiger charge is -2.31. The van der Waals surface area contributed by atoms with E-state index in [9.17, 15) is 17.8 Å². The van der Waals surface area contributed by atoms with Gasteiger partial charge < -0.3 is 14.0 Å². The van der Waals surface area contributed by atoms with E-state index in [0.717, 1.165) is 11.8 Å². The number of rotatable bonds is 12. The van der Waals surface area contributed by atoms with Crippen molar-refractivity contribution in [2.45, 2.75) is 32.3 Å². The zero-order chi connectivity index (χ0) is 19.6. The van der Waals surface area contributed by atoms with Crippen molar-refractivity contribution in [3.8, 4) is 0 Å². The Balaban J connectivity index is 2.96. The molecule has 7 nitrogen and oxygen atoms in total. The average molecular weight is 406 g/mol. The molecule has 0 amide bonds. The van der Waals surface area contributed by atoms with Crippen LogP contribution in [0.25, 0.3) is 0 Å². The van der Waals surface area contributed by atoms with Gasteiger partial charge in [0, 0.05) is 12.8 Å². The van der Waals surface area contributed by atoms with Crippen molar-refractivity contribution in [3.63, 3.8) is 0 Å². The Morgan fingerprint density at radius 2 is 1.81 bits per heavy atom. The molecular weight excluding hydrogens is 379 g/mol. The predicted molar refractivity (Wildman–Crippen MR) is 100 cm³/mol. The van der Waals surface area contributed by atoms with Crippen LogP contribution in [0.2, 0.25) is 0 Å². The second kappa shape index (κ2) is 10.8. The second-order valence-electron chi connectivity index (χ2n) is 5.82. The van der Waals surface area contributed by atoms with E-state index in [0.29, 0.717) is 6.42 Å². The first-order valence-corrected chi connectivity index (χ1v) is 12.1. The van der Waals surface area contributed by atoms with Gasteiger partial charge in [0.25, 0.3) is 10.1 Å². The number of carbonyl (C=O) groups is 1. The molecule has 0 aliphatic rings. The number of aryl methyl sites for hydroxylation is 1. The molecule has 0 N–H and O–H groups in total. The topological polar surface area (TPSA) is 96.0 Å². The molecule has 148 valence electrons. The average Bonchev–Trinajstić information content (AvgIpc) is 2.58. The molecule has 26 heavy (non-hydrogen) atoms. The molecule has 0 bridgehead atoms. The summed E-state index contributed by atoms with van der Waals surface area (Å²) in [7, 11) is -6.25. The summed E-state index contributed by atoms with van der Waals surface area (Å²) in [6.45, 7) is 3.82. The van der Waals surface area contributed by atoms with Crippen molar-refractivity contribution < 1.29 is 31.4 Å². The highest BCUT2D eigenvalue weighted by atomic mass is 32.2. The fraction of sp³-hybridized carbons (Fsp3) is 0.588. The molecule has 1 rings (SSSR count). The van der Waals surface area contributed by atoms with Crippen molar-refractivity contribution in [2.75, 3.05) is 32.0 Å². The SMILES string of the molecule is CCOC(=O)C(CCc1ccccc1)(C[PH](=O)COS(C)(=O)=O)OCC. The van der Waals surface area contributed by atoms with Gasteiger partial charge in [-0.15, -0.1) is 0 Å². The van der Waals surface area contributed by atoms with Gasteiger partial charge in [0.2, 0.25) is 0 Å². The Morgan fingerprint density at radius 3 is 2.35 bits per heavy atom. The summed E-state index contributed by atoms with van der Waals surface area (Å²) in [6.07, 6.45) is 1.11. The van der Waals surface area contributed by atoms with E-state index < -0.39 is 35.8 Å². The van der Waals surface area contributed by atoms with Crippen LogP contribution in [0.4, 0.5) is 0 Å². The molecule has 0 radical (unpaired) electrons. The van der Waals surface area contributed by atoms with Gasteiger partial charge in [-0.1, -0.05) is 30.3 Å². The third-order valence-electron chi connectivity index (χ3n) is 3.65. The van der Waals surface area contributed by atoms with Crippen LogP contribution in [0, 0.1) is 0 Å². The van der Waals surface area contributed by atoms with E-state index in [1.165, 1.54) is 0 Å². The molecule has 9 heteroatoms. The van der Waals surface area contributed by atoms with Crippen LogP contribution in [0.3, 0.4) is 0 Å². The number of hydrogen-bond donors (Lipinski definition) is 0. The molecular formula is C17H27O7PS. The highest BCUT2D eigenvalue weighted by molar-refractivity contribution is 7.86. The molecule has 0 saturated carbocycles. The molecule has 0 aliphatic heterocycles. The van der Waals surface area contributed by atoms with E-state index in [1.54, 1.807) is 13.8 Å². The maximum absolute atomic E-state index is 12.6. The van der Waals surface area contributed by atoms with Crippen molar-refractivity contribution in [3.05, 3.63) is 35.9 Å². The van der Waals surface area contributed by atoms with Gasteiger partial charge in [0.15, 0.2) is 5.60 Å². The zero-order valence-corrected chi connectivity index (χ0v) is 17.2. The Morgan fingerprint density at radius 1 is 1.15 bits per heavy atom. The van der Waals surface area contributed by atoms with Gasteiger partial charge in [-0.05, 0) is 32.3 Å². The summed E-state index contributed by atoms with van der Waals surface area (Å²) in [4.78, 5) is 12.6. The quantitative estimate of drug-likeness (QED) is 0.299. The van der Waals surface area contributed by atoms with Crippen LogP contribution >= 0.6 is 7.80 Å². The van der Waals surface area contributed by atoms with Crippen LogP contribution < -0.4 is 0 Å². The van der Waals surface area contributed by atoms with Crippen LogP contribution in [0.1, 0.15) is 25.8 Å². The first-order valence-electron chi connectivity index (χ1n) is 8.43. The van der Waals surface area contributed by atoms with Gasteiger partial charge in [-0.3, -0.25) is 4.18 Å². The van der Waals surface area contributed by atoms with E-state index in [2.05, 4.69) is 4.18 Å². The van der Waals surface area contributed by atoms with E-state index in [4.69, 9.17) is 9.47 Å². The number of ether oxygens (including phenoxy) is 2. The predicted octanol–water partition coefficient (Wildman–Crippen LogP) is 2.45. The molecule has 0 heterocycles. The summed E-state index contributed by atoms with van der Waals surface area (Å²) in [5.41, 5.74) is -0.384. The lowest BCUT2D eigenvalue weighted by atomic mass is 9.96. The molecule has 1 aromatic rings. The zero-order valence-electron chi connectivity index (χ0n) is 15.4. The van der Waals surface area contributed by atoms with Crippen molar-refractivity contribution in [1.82, 2.24) is 0 Å². The van der Waals surface area contributed by atoms with Gasteiger partial charge >= 0.3 is 5.97 Å². The van der Waals surface area contributed by atoms with Crippen molar-refractivity contribution in [1.29, 1.82) is 0 Å². The standard InChI is InChI=1S/C17H27O7PS/c1-4-22-16(18)17(23-5-2,12-11-15-9-7-6-8-10-15)13-25(19)14-24-26(3,20)21/h6-10,25H,4-5,11-14H2,1-3H3. The minimum atomic E-state index is -3.70. The molecule has 1 aromatic carbocycles. The highest BCUT2D eigenvalue weighted by Gasteiger charge is 2.42. The van der Waals surface area contributed by atoms with E-state index in [-0.39, 0.29) is 25.8 Å². The van der Waals surface area contributed by atoms with Gasteiger partial charge in [-0.25, -0.2) is 4.79 Å². The maximum Gasteiger partial charge on any atom is 0.338 e. The molecule has 0 aromatic heterocycles. The first kappa shape index (κ1) is 22.8. The molecule has 2 atom stereocenters. The molecule has 0 spiro atoms. The molecule has 0 saturated heterocycles. The highest BCUT2D eigenvalue weighted by Crippen LogP contribution is 2.34. The normalized spacial score (nSPS) is 15.2. The van der Waals surface area contributed by atoms with Crippen LogP contribution in [-0.4, -0.2) is 52.0 Å². The number of esters is 1. The third kappa shape index (κ3) is 7.99. The fourth-order valence-electron chi connectivity index (χ4n) is 2.52.